The van der Waals surface area contributed by atoms with E-state index in [9.17, 15) is 4.79 Å². The minimum Gasteiger partial charge on any atom is -0.317 e. The molecule has 0 fully saturated rings. The number of hydrogen-bond acceptors (Lipinski definition) is 3. The summed E-state index contributed by atoms with van der Waals surface area (Å²) in [5.74, 6) is 0.165. The number of pyridine rings is 1. The molecule has 0 unspecified atom stereocenters. The number of aryl methyl sites for hydroxylation is 1. The average molecular weight is 445 g/mol. The van der Waals surface area contributed by atoms with Crippen LogP contribution in [0.25, 0.3) is 6.08 Å². The summed E-state index contributed by atoms with van der Waals surface area (Å²) in [6.45, 7) is 1.86. The van der Waals surface area contributed by atoms with Gasteiger partial charge in [0.2, 0.25) is 5.91 Å². The molecule has 0 saturated carbocycles. The van der Waals surface area contributed by atoms with Crippen molar-refractivity contribution in [1.82, 2.24) is 10.3 Å². The highest BCUT2D eigenvalue weighted by Gasteiger charge is 2.05. The number of hydrogen-bond donors (Lipinski definition) is 2. The van der Waals surface area contributed by atoms with Crippen molar-refractivity contribution in [1.29, 1.82) is 0 Å². The van der Waals surface area contributed by atoms with Gasteiger partial charge in [-0.05, 0) is 71.0 Å². The van der Waals surface area contributed by atoms with Gasteiger partial charge < -0.3 is 5.32 Å². The van der Waals surface area contributed by atoms with Gasteiger partial charge in [0.25, 0.3) is 0 Å². The topological polar surface area (TPSA) is 54.0 Å². The van der Waals surface area contributed by atoms with Crippen LogP contribution >= 0.6 is 51.3 Å². The number of nitrogens with zero attached hydrogens (tertiary/aromatic N) is 1. The summed E-state index contributed by atoms with van der Waals surface area (Å²) in [5.41, 5.74) is 1.49. The van der Waals surface area contributed by atoms with Crippen molar-refractivity contribution in [2.24, 2.45) is 0 Å². The van der Waals surface area contributed by atoms with E-state index >= 15 is 0 Å². The van der Waals surface area contributed by atoms with Gasteiger partial charge in [0.15, 0.2) is 5.11 Å². The van der Waals surface area contributed by atoms with E-state index in [1.54, 1.807) is 30.3 Å². The molecule has 2 rings (SSSR count). The van der Waals surface area contributed by atoms with Crippen LogP contribution in [0.5, 0.6) is 0 Å². The fraction of sp³-hybridized carbons (Fsp3) is 0.0625. The summed E-state index contributed by atoms with van der Waals surface area (Å²) in [6, 6.07) is 8.61. The molecule has 4 nitrogen and oxygen atoms in total. The molecule has 0 spiro atoms. The lowest BCUT2D eigenvalue weighted by Gasteiger charge is -2.08. The molecule has 24 heavy (non-hydrogen) atoms. The van der Waals surface area contributed by atoms with Crippen LogP contribution in [-0.4, -0.2) is 16.0 Å². The summed E-state index contributed by atoms with van der Waals surface area (Å²) in [5, 5.41) is 6.53. The van der Waals surface area contributed by atoms with Crippen molar-refractivity contribution in [2.45, 2.75) is 6.92 Å². The molecule has 2 aromatic rings. The summed E-state index contributed by atoms with van der Waals surface area (Å²) in [4.78, 5) is 16.2. The number of rotatable bonds is 3. The quantitative estimate of drug-likeness (QED) is 0.517. The minimum absolute atomic E-state index is 0.154. The Morgan fingerprint density at radius 2 is 2.04 bits per heavy atom. The molecule has 0 aliphatic carbocycles. The van der Waals surface area contributed by atoms with Gasteiger partial charge in [-0.3, -0.25) is 10.1 Å². The first-order valence-corrected chi connectivity index (χ1v) is 8.69. The smallest absolute Gasteiger partial charge is 0.250 e. The maximum absolute atomic E-state index is 11.9. The van der Waals surface area contributed by atoms with E-state index in [4.69, 9.17) is 35.4 Å². The summed E-state index contributed by atoms with van der Waals surface area (Å²) in [6.07, 6.45) is 2.92. The predicted octanol–water partition coefficient (Wildman–Crippen LogP) is 4.99. The Labute approximate surface area is 163 Å². The van der Waals surface area contributed by atoms with Crippen LogP contribution in [0.4, 0.5) is 5.82 Å². The Kier molecular flexibility index (Phi) is 6.74. The van der Waals surface area contributed by atoms with Crippen molar-refractivity contribution in [3.63, 3.8) is 0 Å². The molecule has 0 atom stereocenters. The second-order valence-corrected chi connectivity index (χ2v) is 6.81. The SMILES string of the molecule is Cc1nc(NC(=S)NC(=O)/C=C/c2ccc(Cl)cc2Cl)ccc1Br. The van der Waals surface area contributed by atoms with Crippen LogP contribution < -0.4 is 10.6 Å². The zero-order valence-corrected chi connectivity index (χ0v) is 16.4. The Hall–Kier alpha value is -1.47. The molecule has 1 aromatic carbocycles. The number of nitrogens with one attached hydrogen (secondary N) is 2. The molecule has 0 aliphatic rings. The molecule has 1 amide bonds. The molecule has 0 radical (unpaired) electrons. The lowest BCUT2D eigenvalue weighted by atomic mass is 10.2. The molecule has 2 N–H and O–H groups in total. The normalized spacial score (nSPS) is 10.7. The number of carbonyl (C=O) groups excluding carboxylic acids is 1. The van der Waals surface area contributed by atoms with Crippen LogP contribution in [-0.2, 0) is 4.79 Å². The van der Waals surface area contributed by atoms with Gasteiger partial charge >= 0.3 is 0 Å². The first-order chi connectivity index (χ1) is 11.3. The maximum atomic E-state index is 11.9. The van der Waals surface area contributed by atoms with Crippen molar-refractivity contribution in [2.75, 3.05) is 5.32 Å². The van der Waals surface area contributed by atoms with Gasteiger partial charge in [-0.15, -0.1) is 0 Å². The van der Waals surface area contributed by atoms with E-state index in [1.165, 1.54) is 6.08 Å². The number of benzene rings is 1. The van der Waals surface area contributed by atoms with Gasteiger partial charge in [-0.25, -0.2) is 4.98 Å². The molecule has 8 heteroatoms. The highest BCUT2D eigenvalue weighted by atomic mass is 79.9. The van der Waals surface area contributed by atoms with Crippen molar-refractivity contribution in [3.05, 3.63) is 62.2 Å². The fourth-order valence-electron chi connectivity index (χ4n) is 1.72. The van der Waals surface area contributed by atoms with Crippen LogP contribution in [0, 0.1) is 6.92 Å². The van der Waals surface area contributed by atoms with Crippen LogP contribution in [0.3, 0.4) is 0 Å². The monoisotopic (exact) mass is 443 g/mol. The fourth-order valence-corrected chi connectivity index (χ4v) is 2.61. The number of amides is 1. The lowest BCUT2D eigenvalue weighted by molar-refractivity contribution is -0.115. The number of carbonyl (C=O) groups is 1. The van der Waals surface area contributed by atoms with Gasteiger partial charge in [-0.2, -0.15) is 0 Å². The molecule has 124 valence electrons. The van der Waals surface area contributed by atoms with Crippen LogP contribution in [0.15, 0.2) is 40.9 Å². The third-order valence-electron chi connectivity index (χ3n) is 2.88. The number of halogens is 3. The molecular formula is C16H12BrCl2N3OS. The predicted molar refractivity (Wildman–Crippen MR) is 107 cm³/mol. The summed E-state index contributed by atoms with van der Waals surface area (Å²) in [7, 11) is 0. The van der Waals surface area contributed by atoms with Crippen LogP contribution in [0.1, 0.15) is 11.3 Å². The molecule has 0 saturated heterocycles. The largest absolute Gasteiger partial charge is 0.317 e. The molecule has 0 bridgehead atoms. The lowest BCUT2D eigenvalue weighted by Crippen LogP contribution is -2.33. The maximum Gasteiger partial charge on any atom is 0.250 e. The van der Waals surface area contributed by atoms with E-state index in [0.29, 0.717) is 21.4 Å². The van der Waals surface area contributed by atoms with Crippen LogP contribution in [0.2, 0.25) is 10.0 Å². The molecule has 1 heterocycles. The number of anilines is 1. The zero-order valence-electron chi connectivity index (χ0n) is 12.4. The third kappa shape index (κ3) is 5.56. The molecule has 1 aromatic heterocycles. The Bertz CT molecular complexity index is 827. The van der Waals surface area contributed by atoms with E-state index in [0.717, 1.165) is 10.2 Å². The van der Waals surface area contributed by atoms with E-state index < -0.39 is 0 Å². The number of aromatic nitrogens is 1. The van der Waals surface area contributed by atoms with E-state index in [2.05, 4.69) is 31.5 Å². The first-order valence-electron chi connectivity index (χ1n) is 6.73. The highest BCUT2D eigenvalue weighted by molar-refractivity contribution is 9.10. The standard InChI is InChI=1S/C16H12BrCl2N3OS/c1-9-12(17)5-6-14(20-9)21-16(24)22-15(23)7-3-10-2-4-11(18)8-13(10)19/h2-8H,1H3,(H2,20,21,22,23,24)/b7-3+. The second kappa shape index (κ2) is 8.58. The Morgan fingerprint density at radius 3 is 2.71 bits per heavy atom. The molecule has 0 aliphatic heterocycles. The number of thiocarbonyl (C=S) groups is 1. The Morgan fingerprint density at radius 1 is 1.29 bits per heavy atom. The third-order valence-corrected chi connectivity index (χ3v) is 4.48. The van der Waals surface area contributed by atoms with E-state index in [1.807, 2.05) is 13.0 Å². The zero-order chi connectivity index (χ0) is 17.7. The summed E-state index contributed by atoms with van der Waals surface area (Å²) >= 11 is 20.3. The summed E-state index contributed by atoms with van der Waals surface area (Å²) < 4.78 is 0.894. The van der Waals surface area contributed by atoms with Crippen molar-refractivity contribution in [3.8, 4) is 0 Å². The average Bonchev–Trinajstić information content (AvgIpc) is 2.50. The van der Waals surface area contributed by atoms with Gasteiger partial charge in [0, 0.05) is 20.6 Å². The van der Waals surface area contributed by atoms with E-state index in [-0.39, 0.29) is 11.0 Å². The van der Waals surface area contributed by atoms with Crippen molar-refractivity contribution >= 4 is 74.3 Å². The minimum atomic E-state index is -0.382. The van der Waals surface area contributed by atoms with Gasteiger partial charge in [0.05, 0.1) is 5.69 Å². The molecular weight excluding hydrogens is 433 g/mol. The van der Waals surface area contributed by atoms with Gasteiger partial charge in [0.1, 0.15) is 5.82 Å². The first kappa shape index (κ1) is 18.9. The second-order valence-electron chi connectivity index (χ2n) is 4.71. The highest BCUT2D eigenvalue weighted by Crippen LogP contribution is 2.22. The Balaban J connectivity index is 1.94. The van der Waals surface area contributed by atoms with Gasteiger partial charge in [-0.1, -0.05) is 29.3 Å². The van der Waals surface area contributed by atoms with Crippen molar-refractivity contribution < 1.29 is 4.79 Å².